The van der Waals surface area contributed by atoms with Crippen LogP contribution in [-0.4, -0.2) is 25.8 Å². The number of amides is 1. The standard InChI is InChI=1S/C20H16BrN3O5S/c21-15-9-11-17(12-10-15)23(30(28,29)19-7-2-1-3-8-19)14-20(25)22-16-5-4-6-18(13-16)24(26)27/h1-13H,14H2,(H,22,25). The number of nitrogens with one attached hydrogen (secondary N) is 1. The van der Waals surface area contributed by atoms with Crippen LogP contribution < -0.4 is 9.62 Å². The normalized spacial score (nSPS) is 11.0. The van der Waals surface area contributed by atoms with Crippen LogP contribution >= 0.6 is 15.9 Å². The lowest BCUT2D eigenvalue weighted by Crippen LogP contribution is -2.38. The fourth-order valence-electron chi connectivity index (χ4n) is 2.67. The second-order valence-electron chi connectivity index (χ2n) is 6.16. The summed E-state index contributed by atoms with van der Waals surface area (Å²) in [6.45, 7) is -0.512. The molecular formula is C20H16BrN3O5S. The summed E-state index contributed by atoms with van der Waals surface area (Å²) in [7, 11) is -4.03. The van der Waals surface area contributed by atoms with Gasteiger partial charge in [-0.05, 0) is 42.5 Å². The first-order chi connectivity index (χ1) is 14.3. The van der Waals surface area contributed by atoms with E-state index in [0.29, 0.717) is 5.69 Å². The van der Waals surface area contributed by atoms with Crippen LogP contribution in [0, 0.1) is 10.1 Å². The van der Waals surface area contributed by atoms with Gasteiger partial charge in [-0.15, -0.1) is 0 Å². The number of anilines is 2. The lowest BCUT2D eigenvalue weighted by molar-refractivity contribution is -0.384. The van der Waals surface area contributed by atoms with Gasteiger partial charge in [0.25, 0.3) is 15.7 Å². The van der Waals surface area contributed by atoms with Crippen molar-refractivity contribution in [3.63, 3.8) is 0 Å². The molecule has 154 valence electrons. The topological polar surface area (TPSA) is 110 Å². The van der Waals surface area contributed by atoms with E-state index in [-0.39, 0.29) is 16.3 Å². The third-order valence-electron chi connectivity index (χ3n) is 4.07. The molecule has 8 nitrogen and oxygen atoms in total. The number of hydrogen-bond donors (Lipinski definition) is 1. The van der Waals surface area contributed by atoms with E-state index in [1.807, 2.05) is 0 Å². The first kappa shape index (κ1) is 21.5. The van der Waals surface area contributed by atoms with Gasteiger partial charge in [0.05, 0.1) is 15.5 Å². The van der Waals surface area contributed by atoms with Gasteiger partial charge in [0.15, 0.2) is 0 Å². The van der Waals surface area contributed by atoms with Crippen LogP contribution in [0.4, 0.5) is 17.1 Å². The highest BCUT2D eigenvalue weighted by molar-refractivity contribution is 9.10. The summed E-state index contributed by atoms with van der Waals surface area (Å²) in [5.74, 6) is -0.641. The first-order valence-corrected chi connectivity index (χ1v) is 10.9. The molecule has 3 aromatic rings. The van der Waals surface area contributed by atoms with Gasteiger partial charge in [-0.1, -0.05) is 40.2 Å². The van der Waals surface area contributed by atoms with E-state index in [4.69, 9.17) is 0 Å². The fraction of sp³-hybridized carbons (Fsp3) is 0.0500. The molecule has 1 amide bonds. The third-order valence-corrected chi connectivity index (χ3v) is 6.39. The summed E-state index contributed by atoms with van der Waals surface area (Å²) < 4.78 is 28.1. The molecule has 0 aromatic heterocycles. The number of carbonyl (C=O) groups excluding carboxylic acids is 1. The van der Waals surface area contributed by atoms with Crippen molar-refractivity contribution in [2.24, 2.45) is 0 Å². The number of carbonyl (C=O) groups is 1. The maximum absolute atomic E-state index is 13.2. The predicted octanol–water partition coefficient (Wildman–Crippen LogP) is 4.19. The number of non-ortho nitro benzene ring substituents is 1. The Kier molecular flexibility index (Phi) is 6.48. The van der Waals surface area contributed by atoms with Crippen molar-refractivity contribution in [2.75, 3.05) is 16.2 Å². The minimum absolute atomic E-state index is 0.0380. The molecule has 3 aromatic carbocycles. The van der Waals surface area contributed by atoms with Gasteiger partial charge in [-0.25, -0.2) is 8.42 Å². The molecular weight excluding hydrogens is 474 g/mol. The van der Waals surface area contributed by atoms with Crippen LogP contribution in [0.1, 0.15) is 0 Å². The highest BCUT2D eigenvalue weighted by Crippen LogP contribution is 2.25. The lowest BCUT2D eigenvalue weighted by Gasteiger charge is -2.24. The van der Waals surface area contributed by atoms with Crippen LogP contribution in [0.5, 0.6) is 0 Å². The molecule has 3 rings (SSSR count). The van der Waals surface area contributed by atoms with Gasteiger partial charge in [0.1, 0.15) is 6.54 Å². The molecule has 0 heterocycles. The molecule has 0 aliphatic heterocycles. The second-order valence-corrected chi connectivity index (χ2v) is 8.93. The highest BCUT2D eigenvalue weighted by atomic mass is 79.9. The van der Waals surface area contributed by atoms with E-state index in [0.717, 1.165) is 8.78 Å². The SMILES string of the molecule is O=C(CN(c1ccc(Br)cc1)S(=O)(=O)c1ccccc1)Nc1cccc([N+](=O)[O-])c1. The fourth-order valence-corrected chi connectivity index (χ4v) is 4.38. The van der Waals surface area contributed by atoms with Crippen molar-refractivity contribution in [3.05, 3.63) is 93.4 Å². The monoisotopic (exact) mass is 489 g/mol. The van der Waals surface area contributed by atoms with Gasteiger partial charge in [-0.2, -0.15) is 0 Å². The van der Waals surface area contributed by atoms with E-state index in [1.54, 1.807) is 42.5 Å². The van der Waals surface area contributed by atoms with E-state index in [1.165, 1.54) is 36.4 Å². The molecule has 1 N–H and O–H groups in total. The Labute approximate surface area is 181 Å². The van der Waals surface area contributed by atoms with Gasteiger partial charge in [0.2, 0.25) is 5.91 Å². The molecule has 0 spiro atoms. The number of rotatable bonds is 7. The Morgan fingerprint density at radius 3 is 2.30 bits per heavy atom. The lowest BCUT2D eigenvalue weighted by atomic mass is 10.3. The van der Waals surface area contributed by atoms with E-state index in [2.05, 4.69) is 21.2 Å². The molecule has 0 fully saturated rings. The Hall–Kier alpha value is -3.24. The van der Waals surface area contributed by atoms with Crippen LogP contribution in [0.25, 0.3) is 0 Å². The van der Waals surface area contributed by atoms with Crippen LogP contribution in [-0.2, 0) is 14.8 Å². The Morgan fingerprint density at radius 2 is 1.67 bits per heavy atom. The zero-order valence-corrected chi connectivity index (χ0v) is 17.8. The van der Waals surface area contributed by atoms with Crippen molar-refractivity contribution in [2.45, 2.75) is 4.90 Å². The van der Waals surface area contributed by atoms with Gasteiger partial charge in [-0.3, -0.25) is 19.2 Å². The molecule has 0 unspecified atom stereocenters. The molecule has 0 bridgehead atoms. The second kappa shape index (κ2) is 9.06. The van der Waals surface area contributed by atoms with Gasteiger partial charge in [0, 0.05) is 22.3 Å². The highest BCUT2D eigenvalue weighted by Gasteiger charge is 2.27. The number of nitro groups is 1. The smallest absolute Gasteiger partial charge is 0.271 e. The van der Waals surface area contributed by atoms with Crippen molar-refractivity contribution in [3.8, 4) is 0 Å². The zero-order chi connectivity index (χ0) is 21.7. The summed E-state index contributed by atoms with van der Waals surface area (Å²) >= 11 is 3.30. The quantitative estimate of drug-likeness (QED) is 0.395. The van der Waals surface area contributed by atoms with Crippen molar-refractivity contribution >= 4 is 48.9 Å². The largest absolute Gasteiger partial charge is 0.324 e. The number of nitrogens with zero attached hydrogens (tertiary/aromatic N) is 2. The molecule has 0 saturated carbocycles. The average Bonchev–Trinajstić information content (AvgIpc) is 2.73. The molecule has 0 atom stereocenters. The summed E-state index contributed by atoms with van der Waals surface area (Å²) in [4.78, 5) is 23.0. The maximum Gasteiger partial charge on any atom is 0.271 e. The Balaban J connectivity index is 1.91. The van der Waals surface area contributed by atoms with E-state index < -0.39 is 27.4 Å². The minimum atomic E-state index is -4.03. The van der Waals surface area contributed by atoms with E-state index >= 15 is 0 Å². The van der Waals surface area contributed by atoms with E-state index in [9.17, 15) is 23.3 Å². The summed E-state index contributed by atoms with van der Waals surface area (Å²) in [6.07, 6.45) is 0. The number of halogens is 1. The van der Waals surface area contributed by atoms with Gasteiger partial charge >= 0.3 is 0 Å². The summed E-state index contributed by atoms with van der Waals surface area (Å²) in [5.41, 5.74) is 0.313. The molecule has 10 heteroatoms. The first-order valence-electron chi connectivity index (χ1n) is 8.65. The average molecular weight is 490 g/mol. The molecule has 0 saturated heterocycles. The minimum Gasteiger partial charge on any atom is -0.324 e. The molecule has 0 aliphatic carbocycles. The Morgan fingerprint density at radius 1 is 1.00 bits per heavy atom. The number of hydrogen-bond acceptors (Lipinski definition) is 5. The van der Waals surface area contributed by atoms with Crippen LogP contribution in [0.2, 0.25) is 0 Å². The summed E-state index contributed by atoms with van der Waals surface area (Å²) in [5, 5.41) is 13.4. The number of nitro benzene ring substituents is 1. The third kappa shape index (κ3) is 5.02. The Bertz CT molecular complexity index is 1170. The van der Waals surface area contributed by atoms with Crippen molar-refractivity contribution in [1.29, 1.82) is 0 Å². The predicted molar refractivity (Wildman–Crippen MR) is 117 cm³/mol. The maximum atomic E-state index is 13.2. The number of benzene rings is 3. The van der Waals surface area contributed by atoms with Crippen molar-refractivity contribution in [1.82, 2.24) is 0 Å². The molecule has 30 heavy (non-hydrogen) atoms. The number of sulfonamides is 1. The van der Waals surface area contributed by atoms with Crippen LogP contribution in [0.3, 0.4) is 0 Å². The van der Waals surface area contributed by atoms with Crippen molar-refractivity contribution < 1.29 is 18.1 Å². The molecule has 0 aliphatic rings. The van der Waals surface area contributed by atoms with Gasteiger partial charge < -0.3 is 5.32 Å². The molecule has 0 radical (unpaired) electrons. The zero-order valence-electron chi connectivity index (χ0n) is 15.4. The van der Waals surface area contributed by atoms with Crippen LogP contribution in [0.15, 0.2) is 88.2 Å². The summed E-state index contributed by atoms with van der Waals surface area (Å²) in [6, 6.07) is 19.7.